The van der Waals surface area contributed by atoms with Crippen LogP contribution in [0.2, 0.25) is 0 Å². The molecule has 0 aliphatic carbocycles. The molecule has 4 saturated heterocycles. The van der Waals surface area contributed by atoms with Crippen LogP contribution in [0.5, 0.6) is 0 Å². The van der Waals surface area contributed by atoms with Crippen molar-refractivity contribution < 1.29 is 42.7 Å². The van der Waals surface area contributed by atoms with Gasteiger partial charge in [-0.3, -0.25) is 38.1 Å². The Kier molecular flexibility index (Phi) is 9.61. The van der Waals surface area contributed by atoms with Gasteiger partial charge in [0.05, 0.1) is 6.20 Å². The Hall–Kier alpha value is -5.93. The zero-order valence-corrected chi connectivity index (χ0v) is 37.5. The quantitative estimate of drug-likeness (QED) is 0.168. The minimum atomic E-state index is -1.81. The number of carbonyl (C=O) groups excluding carboxylic acids is 6. The average molecular weight is 864 g/mol. The molecule has 4 bridgehead atoms. The molecule has 0 spiro atoms. The molecular formula is C47H57N7O9. The highest BCUT2D eigenvalue weighted by atomic mass is 16.6. The van der Waals surface area contributed by atoms with E-state index in [9.17, 15) is 9.59 Å². The number of amides is 4. The second-order valence-electron chi connectivity index (χ2n) is 20.2. The van der Waals surface area contributed by atoms with E-state index in [0.29, 0.717) is 73.7 Å². The first-order valence-electron chi connectivity index (χ1n) is 22.2. The fourth-order valence-electron chi connectivity index (χ4n) is 10.8. The number of likely N-dealkylation sites (tertiary alicyclic amines) is 4. The Labute approximate surface area is 366 Å². The van der Waals surface area contributed by atoms with Crippen LogP contribution < -0.4 is 0 Å². The molecule has 0 saturated carbocycles. The maximum Gasteiger partial charge on any atom is 0.411 e. The van der Waals surface area contributed by atoms with Gasteiger partial charge in [-0.2, -0.15) is 0 Å². The van der Waals surface area contributed by atoms with Crippen molar-refractivity contribution in [1.29, 1.82) is 0 Å². The number of nitrogens with zero attached hydrogens (tertiary/aromatic N) is 7. The molecule has 9 heterocycles. The molecule has 4 aliphatic rings. The number of oxazole rings is 1. The predicted molar refractivity (Wildman–Crippen MR) is 230 cm³/mol. The maximum atomic E-state index is 15.5. The Morgan fingerprint density at radius 2 is 0.873 bits per heavy atom. The number of aromatic nitrogens is 3. The third-order valence-corrected chi connectivity index (χ3v) is 13.8. The van der Waals surface area contributed by atoms with Gasteiger partial charge in [-0.25, -0.2) is 14.6 Å². The number of benzene rings is 2. The monoisotopic (exact) mass is 863 g/mol. The van der Waals surface area contributed by atoms with Crippen molar-refractivity contribution in [3.63, 3.8) is 0 Å². The largest absolute Gasteiger partial charge is 0.444 e. The molecule has 334 valence electrons. The van der Waals surface area contributed by atoms with Gasteiger partial charge in [0.2, 0.25) is 17.7 Å². The Morgan fingerprint density at radius 1 is 0.524 bits per heavy atom. The number of carbonyl (C=O) groups is 6. The fraction of sp³-hybridized carbons (Fsp3) is 0.553. The molecule has 4 amide bonds. The first kappa shape index (κ1) is 42.4. The molecule has 0 N–H and O–H groups in total. The van der Waals surface area contributed by atoms with E-state index >= 15 is 19.2 Å². The highest BCUT2D eigenvalue weighted by molar-refractivity contribution is 6.04. The van der Waals surface area contributed by atoms with Gasteiger partial charge < -0.3 is 23.7 Å². The van der Waals surface area contributed by atoms with E-state index in [1.807, 2.05) is 48.5 Å². The molecule has 16 heteroatoms. The first-order valence-corrected chi connectivity index (χ1v) is 22.2. The first-order chi connectivity index (χ1) is 29.7. The van der Waals surface area contributed by atoms with Gasteiger partial charge >= 0.3 is 12.2 Å². The highest BCUT2D eigenvalue weighted by Crippen LogP contribution is 2.49. The summed E-state index contributed by atoms with van der Waals surface area (Å²) in [6.45, 7) is 15.0. The van der Waals surface area contributed by atoms with Crippen LogP contribution in [-0.2, 0) is 30.1 Å². The Morgan fingerprint density at radius 3 is 1.29 bits per heavy atom. The number of rotatable bonds is 6. The molecule has 0 aromatic carbocycles. The molecule has 5 aromatic heterocycles. The van der Waals surface area contributed by atoms with Gasteiger partial charge in [-0.15, -0.1) is 0 Å². The number of fused-ring (bicyclic) bond motifs is 4. The Bertz CT molecular complexity index is 2360. The van der Waals surface area contributed by atoms with Crippen LogP contribution in [0.25, 0.3) is 22.1 Å². The van der Waals surface area contributed by atoms with E-state index in [2.05, 4.69) is 0 Å². The van der Waals surface area contributed by atoms with Crippen molar-refractivity contribution in [2.75, 3.05) is 26.2 Å². The zero-order valence-electron chi connectivity index (χ0n) is 37.5. The topological polar surface area (TPSA) is 170 Å². The Balaban J connectivity index is 1.17. The standard InChI is InChI=1S/C47H57N7O9/c1-42(2,3)62-40(59)51-27-9-21-44(51,7)36(55)49-25-11-23-46(49,38(57)53-30-13-14-31(53)16-15-30)34-29-48-35(61-34)47(39(58)54-32-17-18-33(54)20-19-32)24-12-26-50(47)37(56)45(8)22-10-28-52(45)41(60)63-43(4,5)6/h13-20,29H,9-12,21-28H2,1-8H3/t44?,45?,46-,47-/m0/s1. The summed E-state index contributed by atoms with van der Waals surface area (Å²) in [7, 11) is 0. The van der Waals surface area contributed by atoms with E-state index in [4.69, 9.17) is 18.9 Å². The van der Waals surface area contributed by atoms with Crippen LogP contribution in [0.3, 0.4) is 0 Å². The summed E-state index contributed by atoms with van der Waals surface area (Å²) >= 11 is 0. The lowest BCUT2D eigenvalue weighted by Crippen LogP contribution is -2.62. The van der Waals surface area contributed by atoms with Gasteiger partial charge in [0, 0.05) is 48.2 Å². The van der Waals surface area contributed by atoms with Gasteiger partial charge in [0.1, 0.15) is 22.3 Å². The minimum Gasteiger partial charge on any atom is -0.444 e. The summed E-state index contributed by atoms with van der Waals surface area (Å²) in [4.78, 5) is 99.9. The molecule has 16 nitrogen and oxygen atoms in total. The molecule has 4 fully saturated rings. The summed E-state index contributed by atoms with van der Waals surface area (Å²) in [5.74, 6) is -1.84. The van der Waals surface area contributed by atoms with Crippen LogP contribution in [0.1, 0.15) is 128 Å². The van der Waals surface area contributed by atoms with Gasteiger partial charge in [0.15, 0.2) is 16.8 Å². The molecule has 5 aromatic rings. The molecule has 9 rings (SSSR count). The predicted octanol–water partition coefficient (Wildman–Crippen LogP) is 7.36. The van der Waals surface area contributed by atoms with E-state index < -0.39 is 69.2 Å². The third kappa shape index (κ3) is 6.32. The average Bonchev–Trinajstić information content (AvgIpc) is 4.07. The number of hydrogen-bond donors (Lipinski definition) is 0. The number of ether oxygens (including phenoxy) is 2. The van der Waals surface area contributed by atoms with Crippen molar-refractivity contribution in [3.05, 3.63) is 66.4 Å². The summed E-state index contributed by atoms with van der Waals surface area (Å²) < 4.78 is 21.6. The van der Waals surface area contributed by atoms with Crippen LogP contribution >= 0.6 is 0 Å². The molecule has 0 radical (unpaired) electrons. The lowest BCUT2D eigenvalue weighted by atomic mass is 9.88. The third-order valence-electron chi connectivity index (χ3n) is 13.8. The van der Waals surface area contributed by atoms with Crippen molar-refractivity contribution in [1.82, 2.24) is 33.7 Å². The molecular weight excluding hydrogens is 807 g/mol. The molecule has 4 atom stereocenters. The molecule has 4 aliphatic heterocycles. The van der Waals surface area contributed by atoms with Gasteiger partial charge in [-0.1, -0.05) is 0 Å². The SMILES string of the molecule is CC(C)(C)OC(=O)N1CCCC1(C)C(=O)N1CCC[C@@]1(C(=O)n1c2ccc1cc2)c1cnc([C@]2(C(=O)n3c4ccc3cc4)CCCN2C(=O)C2(C)CCCN2C(=O)OC(C)(C)C)o1. The van der Waals surface area contributed by atoms with Crippen molar-refractivity contribution in [3.8, 4) is 0 Å². The molecule has 2 unspecified atom stereocenters. The second kappa shape index (κ2) is 14.3. The smallest absolute Gasteiger partial charge is 0.411 e. The van der Waals surface area contributed by atoms with E-state index in [1.165, 1.54) is 25.8 Å². The maximum absolute atomic E-state index is 15.5. The van der Waals surface area contributed by atoms with Crippen molar-refractivity contribution in [2.24, 2.45) is 0 Å². The van der Waals surface area contributed by atoms with Crippen molar-refractivity contribution >= 4 is 57.9 Å². The van der Waals surface area contributed by atoms with Crippen LogP contribution in [0.4, 0.5) is 9.59 Å². The zero-order chi connectivity index (χ0) is 45.1. The lowest BCUT2D eigenvalue weighted by Gasteiger charge is -2.43. The van der Waals surface area contributed by atoms with Crippen LogP contribution in [-0.4, -0.2) is 118 Å². The van der Waals surface area contributed by atoms with E-state index in [-0.39, 0.29) is 37.6 Å². The van der Waals surface area contributed by atoms with Gasteiger partial charge in [0.25, 0.3) is 11.8 Å². The highest BCUT2D eigenvalue weighted by Gasteiger charge is 2.63. The van der Waals surface area contributed by atoms with Crippen LogP contribution in [0.15, 0.2) is 59.1 Å². The van der Waals surface area contributed by atoms with E-state index in [1.54, 1.807) is 64.5 Å². The fourth-order valence-corrected chi connectivity index (χ4v) is 10.8. The minimum absolute atomic E-state index is 0.0427. The summed E-state index contributed by atoms with van der Waals surface area (Å²) in [6, 6.07) is 14.6. The summed E-state index contributed by atoms with van der Waals surface area (Å²) in [5.41, 5.74) is -5.38. The van der Waals surface area contributed by atoms with Crippen molar-refractivity contribution in [2.45, 2.75) is 140 Å². The normalized spacial score (nSPS) is 26.8. The van der Waals surface area contributed by atoms with Crippen LogP contribution in [0, 0.1) is 0 Å². The second-order valence-corrected chi connectivity index (χ2v) is 20.2. The summed E-state index contributed by atoms with van der Waals surface area (Å²) in [5, 5.41) is 0. The number of hydrogen-bond acceptors (Lipinski definition) is 10. The lowest BCUT2D eigenvalue weighted by molar-refractivity contribution is -0.146. The van der Waals surface area contributed by atoms with E-state index in [0.717, 1.165) is 0 Å². The summed E-state index contributed by atoms with van der Waals surface area (Å²) in [6.07, 6.45) is 3.10. The molecule has 63 heavy (non-hydrogen) atoms. The van der Waals surface area contributed by atoms with Gasteiger partial charge in [-0.05, 0) is 155 Å².